The average molecular weight is 168 g/mol. The van der Waals surface area contributed by atoms with Crippen LogP contribution >= 0.6 is 11.3 Å². The monoisotopic (exact) mass is 168 g/mol. The second kappa shape index (κ2) is 3.67. The summed E-state index contributed by atoms with van der Waals surface area (Å²) < 4.78 is 0. The van der Waals surface area contributed by atoms with Gasteiger partial charge in [0.05, 0.1) is 0 Å². The molecule has 0 saturated heterocycles. The van der Waals surface area contributed by atoms with Crippen LogP contribution in [0.15, 0.2) is 11.4 Å². The first kappa shape index (κ1) is 8.47. The summed E-state index contributed by atoms with van der Waals surface area (Å²) in [7, 11) is 0. The molecule has 1 heterocycles. The zero-order valence-corrected chi connectivity index (χ0v) is 7.65. The minimum atomic E-state index is 0.156. The number of rotatable bonds is 3. The highest BCUT2D eigenvalue weighted by Gasteiger charge is 2.02. The van der Waals surface area contributed by atoms with E-state index in [1.807, 2.05) is 6.92 Å². The van der Waals surface area contributed by atoms with Crippen molar-refractivity contribution in [3.63, 3.8) is 0 Å². The van der Waals surface area contributed by atoms with Crippen molar-refractivity contribution in [1.29, 1.82) is 0 Å². The van der Waals surface area contributed by atoms with Crippen LogP contribution in [0.25, 0.3) is 0 Å². The number of aryl methyl sites for hydroxylation is 1. The first-order valence-corrected chi connectivity index (χ1v) is 4.59. The van der Waals surface area contributed by atoms with Crippen LogP contribution in [0.2, 0.25) is 0 Å². The minimum absolute atomic E-state index is 0.156. The summed E-state index contributed by atoms with van der Waals surface area (Å²) >= 11 is 1.74. The van der Waals surface area contributed by atoms with E-state index in [-0.39, 0.29) is 5.92 Å². The number of carbonyl (C=O) groups excluding carboxylic acids is 1. The van der Waals surface area contributed by atoms with E-state index >= 15 is 0 Å². The molecule has 0 aromatic carbocycles. The molecule has 0 N–H and O–H groups in total. The van der Waals surface area contributed by atoms with Crippen LogP contribution in [0.1, 0.15) is 17.4 Å². The normalized spacial score (nSPS) is 12.9. The molecule has 1 unspecified atom stereocenters. The maximum Gasteiger partial charge on any atom is 0.123 e. The Morgan fingerprint density at radius 1 is 1.73 bits per heavy atom. The molecule has 0 aliphatic carbocycles. The summed E-state index contributed by atoms with van der Waals surface area (Å²) in [6.45, 7) is 4.03. The zero-order valence-electron chi connectivity index (χ0n) is 6.83. The molecule has 0 aliphatic rings. The van der Waals surface area contributed by atoms with Gasteiger partial charge >= 0.3 is 0 Å². The summed E-state index contributed by atoms with van der Waals surface area (Å²) in [5, 5.41) is 2.12. The van der Waals surface area contributed by atoms with Crippen molar-refractivity contribution >= 4 is 17.6 Å². The summed E-state index contributed by atoms with van der Waals surface area (Å²) in [6, 6.07) is 2.14. The van der Waals surface area contributed by atoms with Gasteiger partial charge in [0.1, 0.15) is 6.29 Å². The van der Waals surface area contributed by atoms with E-state index in [1.54, 1.807) is 11.3 Å². The van der Waals surface area contributed by atoms with Crippen molar-refractivity contribution < 1.29 is 4.79 Å². The van der Waals surface area contributed by atoms with E-state index < -0.39 is 0 Å². The Morgan fingerprint density at radius 3 is 2.91 bits per heavy atom. The molecule has 1 rings (SSSR count). The molecular weight excluding hydrogens is 156 g/mol. The van der Waals surface area contributed by atoms with Crippen molar-refractivity contribution in [3.8, 4) is 0 Å². The van der Waals surface area contributed by atoms with Crippen LogP contribution < -0.4 is 0 Å². The molecule has 1 atom stereocenters. The second-order valence-electron chi connectivity index (χ2n) is 2.88. The Morgan fingerprint density at radius 2 is 2.45 bits per heavy atom. The summed E-state index contributed by atoms with van der Waals surface area (Å²) in [6.07, 6.45) is 1.89. The predicted molar refractivity (Wildman–Crippen MR) is 48.0 cm³/mol. The van der Waals surface area contributed by atoms with Crippen LogP contribution in [0.3, 0.4) is 0 Å². The van der Waals surface area contributed by atoms with Crippen LogP contribution in [-0.4, -0.2) is 6.29 Å². The fourth-order valence-electron chi connectivity index (χ4n) is 1.02. The molecule has 0 bridgehead atoms. The Kier molecular flexibility index (Phi) is 2.83. The molecule has 0 aliphatic heterocycles. The van der Waals surface area contributed by atoms with Crippen LogP contribution in [-0.2, 0) is 11.2 Å². The van der Waals surface area contributed by atoms with Crippen molar-refractivity contribution in [2.75, 3.05) is 0 Å². The number of carbonyl (C=O) groups is 1. The van der Waals surface area contributed by atoms with Crippen molar-refractivity contribution in [2.45, 2.75) is 20.3 Å². The fourth-order valence-corrected chi connectivity index (χ4v) is 1.75. The fraction of sp³-hybridized carbons (Fsp3) is 0.444. The SMILES string of the molecule is Cc1cc(CC(C)C=O)cs1. The highest BCUT2D eigenvalue weighted by molar-refractivity contribution is 7.10. The largest absolute Gasteiger partial charge is 0.303 e. The van der Waals surface area contributed by atoms with Gasteiger partial charge in [0.2, 0.25) is 0 Å². The van der Waals surface area contributed by atoms with Gasteiger partial charge in [0.25, 0.3) is 0 Å². The van der Waals surface area contributed by atoms with Gasteiger partial charge < -0.3 is 4.79 Å². The quantitative estimate of drug-likeness (QED) is 0.633. The first-order valence-electron chi connectivity index (χ1n) is 3.71. The lowest BCUT2D eigenvalue weighted by Crippen LogP contribution is -1.98. The summed E-state index contributed by atoms with van der Waals surface area (Å²) in [5.74, 6) is 0.156. The van der Waals surface area contributed by atoms with E-state index in [0.29, 0.717) is 0 Å². The molecule has 1 aromatic heterocycles. The van der Waals surface area contributed by atoms with Crippen molar-refractivity contribution in [3.05, 3.63) is 21.9 Å². The molecule has 2 heteroatoms. The van der Waals surface area contributed by atoms with Gasteiger partial charge in [-0.2, -0.15) is 0 Å². The average Bonchev–Trinajstić information content (AvgIpc) is 2.35. The predicted octanol–water partition coefficient (Wildman–Crippen LogP) is 2.43. The van der Waals surface area contributed by atoms with Crippen LogP contribution in [0.4, 0.5) is 0 Å². The lowest BCUT2D eigenvalue weighted by molar-refractivity contribution is -0.110. The van der Waals surface area contributed by atoms with Gasteiger partial charge in [-0.25, -0.2) is 0 Å². The van der Waals surface area contributed by atoms with E-state index in [1.165, 1.54) is 10.4 Å². The lowest BCUT2D eigenvalue weighted by Gasteiger charge is -1.98. The Bertz CT molecular complexity index is 239. The maximum atomic E-state index is 10.3. The van der Waals surface area contributed by atoms with Crippen molar-refractivity contribution in [1.82, 2.24) is 0 Å². The molecule has 0 fully saturated rings. The third-order valence-electron chi connectivity index (χ3n) is 1.57. The molecule has 11 heavy (non-hydrogen) atoms. The maximum absolute atomic E-state index is 10.3. The molecule has 0 amide bonds. The summed E-state index contributed by atoms with van der Waals surface area (Å²) in [5.41, 5.74) is 1.28. The van der Waals surface area contributed by atoms with Gasteiger partial charge in [0.15, 0.2) is 0 Å². The molecule has 60 valence electrons. The van der Waals surface area contributed by atoms with Gasteiger partial charge in [0, 0.05) is 10.8 Å². The molecular formula is C9H12OS. The first-order chi connectivity index (χ1) is 5.22. The number of thiophene rings is 1. The Balaban J connectivity index is 2.57. The molecule has 0 spiro atoms. The van der Waals surface area contributed by atoms with E-state index in [9.17, 15) is 4.79 Å². The molecule has 0 radical (unpaired) electrons. The highest BCUT2D eigenvalue weighted by Crippen LogP contribution is 2.15. The van der Waals surface area contributed by atoms with Crippen LogP contribution in [0.5, 0.6) is 0 Å². The van der Waals surface area contributed by atoms with E-state index in [0.717, 1.165) is 12.7 Å². The zero-order chi connectivity index (χ0) is 8.27. The number of aldehydes is 1. The molecule has 1 aromatic rings. The number of hydrogen-bond acceptors (Lipinski definition) is 2. The highest BCUT2D eigenvalue weighted by atomic mass is 32.1. The third kappa shape index (κ3) is 2.46. The van der Waals surface area contributed by atoms with Gasteiger partial charge in [-0.05, 0) is 30.4 Å². The second-order valence-corrected chi connectivity index (χ2v) is 4.00. The van der Waals surface area contributed by atoms with Crippen LogP contribution in [0, 0.1) is 12.8 Å². The van der Waals surface area contributed by atoms with Crippen molar-refractivity contribution in [2.24, 2.45) is 5.92 Å². The van der Waals surface area contributed by atoms with E-state index in [4.69, 9.17) is 0 Å². The molecule has 1 nitrogen and oxygen atoms in total. The minimum Gasteiger partial charge on any atom is -0.303 e. The van der Waals surface area contributed by atoms with E-state index in [2.05, 4.69) is 18.4 Å². The van der Waals surface area contributed by atoms with Gasteiger partial charge in [-0.3, -0.25) is 0 Å². The Hall–Kier alpha value is -0.630. The third-order valence-corrected chi connectivity index (χ3v) is 2.49. The lowest BCUT2D eigenvalue weighted by atomic mass is 10.1. The van der Waals surface area contributed by atoms with Gasteiger partial charge in [-0.1, -0.05) is 6.92 Å². The summed E-state index contributed by atoms with van der Waals surface area (Å²) in [4.78, 5) is 11.6. The number of hydrogen-bond donors (Lipinski definition) is 0. The Labute approximate surface area is 71.1 Å². The molecule has 0 saturated carbocycles. The topological polar surface area (TPSA) is 17.1 Å². The van der Waals surface area contributed by atoms with Gasteiger partial charge in [-0.15, -0.1) is 11.3 Å². The standard InChI is InChI=1S/C9H12OS/c1-7(5-10)3-9-4-8(2)11-6-9/h4-7H,3H2,1-2H3. The smallest absolute Gasteiger partial charge is 0.123 e.